The summed E-state index contributed by atoms with van der Waals surface area (Å²) in [4.78, 5) is 27.3. The molecule has 0 saturated carbocycles. The summed E-state index contributed by atoms with van der Waals surface area (Å²) in [6, 6.07) is 7.53. The van der Waals surface area contributed by atoms with Crippen LogP contribution in [0.4, 0.5) is 0 Å². The van der Waals surface area contributed by atoms with Gasteiger partial charge in [-0.15, -0.1) is 11.8 Å². The monoisotopic (exact) mass is 333 g/mol. The van der Waals surface area contributed by atoms with Crippen molar-refractivity contribution in [2.75, 3.05) is 38.5 Å². The Morgan fingerprint density at radius 2 is 1.96 bits per heavy atom. The van der Waals surface area contributed by atoms with Gasteiger partial charge in [0, 0.05) is 43.5 Å². The van der Waals surface area contributed by atoms with Gasteiger partial charge in [-0.1, -0.05) is 12.1 Å². The van der Waals surface area contributed by atoms with Crippen LogP contribution in [0.3, 0.4) is 0 Å². The van der Waals surface area contributed by atoms with Crippen molar-refractivity contribution in [3.05, 3.63) is 29.8 Å². The molecule has 2 aliphatic heterocycles. The summed E-state index contributed by atoms with van der Waals surface area (Å²) >= 11 is 1.46. The molecular formula is C17H23N3O2S. The van der Waals surface area contributed by atoms with Crippen molar-refractivity contribution >= 4 is 23.6 Å². The summed E-state index contributed by atoms with van der Waals surface area (Å²) in [7, 11) is 0. The number of hydrogen-bond donors (Lipinski definition) is 2. The number of carbonyl (C=O) groups is 2. The molecule has 124 valence electrons. The quantitative estimate of drug-likeness (QED) is 0.772. The Morgan fingerprint density at radius 3 is 2.65 bits per heavy atom. The summed E-state index contributed by atoms with van der Waals surface area (Å²) in [5.74, 6) is 1.06. The zero-order valence-electron chi connectivity index (χ0n) is 13.2. The summed E-state index contributed by atoms with van der Waals surface area (Å²) in [6.07, 6.45) is 2.21. The van der Waals surface area contributed by atoms with Gasteiger partial charge in [-0.2, -0.15) is 0 Å². The molecule has 1 aromatic rings. The highest BCUT2D eigenvalue weighted by molar-refractivity contribution is 8.00. The minimum Gasteiger partial charge on any atom is -0.352 e. The number of benzene rings is 1. The molecule has 2 saturated heterocycles. The van der Waals surface area contributed by atoms with E-state index < -0.39 is 0 Å². The van der Waals surface area contributed by atoms with E-state index in [1.165, 1.54) is 11.8 Å². The van der Waals surface area contributed by atoms with Crippen LogP contribution in [-0.2, 0) is 4.79 Å². The lowest BCUT2D eigenvalue weighted by molar-refractivity contribution is -0.127. The first-order chi connectivity index (χ1) is 11.2. The molecule has 23 heavy (non-hydrogen) atoms. The molecule has 2 aliphatic rings. The third-order valence-corrected chi connectivity index (χ3v) is 5.42. The molecular weight excluding hydrogens is 310 g/mol. The largest absolute Gasteiger partial charge is 0.352 e. The Labute approximate surface area is 141 Å². The van der Waals surface area contributed by atoms with E-state index >= 15 is 0 Å². The number of hydrogen-bond acceptors (Lipinski definition) is 4. The second-order valence-corrected chi connectivity index (χ2v) is 7.12. The maximum atomic E-state index is 12.4. The SMILES string of the molecule is O=C(NCC1CNC1)c1ccccc1SCC(=O)N1CCCC1. The number of amides is 2. The fourth-order valence-corrected chi connectivity index (χ4v) is 3.76. The number of rotatable bonds is 6. The normalized spacial score (nSPS) is 17.8. The van der Waals surface area contributed by atoms with Crippen LogP contribution >= 0.6 is 11.8 Å². The smallest absolute Gasteiger partial charge is 0.252 e. The highest BCUT2D eigenvalue weighted by Gasteiger charge is 2.20. The third kappa shape index (κ3) is 4.26. The van der Waals surface area contributed by atoms with Gasteiger partial charge in [-0.05, 0) is 25.0 Å². The minimum absolute atomic E-state index is 0.0476. The van der Waals surface area contributed by atoms with Gasteiger partial charge in [-0.3, -0.25) is 9.59 Å². The minimum atomic E-state index is -0.0476. The average molecular weight is 333 g/mol. The van der Waals surface area contributed by atoms with E-state index in [4.69, 9.17) is 0 Å². The van der Waals surface area contributed by atoms with Crippen LogP contribution in [0.25, 0.3) is 0 Å². The van der Waals surface area contributed by atoms with Crippen molar-refractivity contribution in [2.24, 2.45) is 5.92 Å². The zero-order valence-corrected chi connectivity index (χ0v) is 14.0. The second kappa shape index (κ2) is 7.84. The number of thioether (sulfide) groups is 1. The highest BCUT2D eigenvalue weighted by atomic mass is 32.2. The summed E-state index contributed by atoms with van der Waals surface area (Å²) < 4.78 is 0. The topological polar surface area (TPSA) is 61.4 Å². The zero-order chi connectivity index (χ0) is 16.1. The predicted octanol–water partition coefficient (Wildman–Crippen LogP) is 1.35. The standard InChI is InChI=1S/C17H23N3O2S/c21-16(20-7-3-4-8-20)12-23-15-6-2-1-5-14(15)17(22)19-11-13-9-18-10-13/h1-2,5-6,13,18H,3-4,7-12H2,(H,19,22). The van der Waals surface area contributed by atoms with Crippen LogP contribution in [0.15, 0.2) is 29.2 Å². The first-order valence-electron chi connectivity index (χ1n) is 8.22. The Bertz CT molecular complexity index is 569. The van der Waals surface area contributed by atoms with Crippen molar-refractivity contribution in [3.8, 4) is 0 Å². The van der Waals surface area contributed by atoms with Gasteiger partial charge in [0.2, 0.25) is 5.91 Å². The molecule has 2 heterocycles. The van der Waals surface area contributed by atoms with Gasteiger partial charge < -0.3 is 15.5 Å². The van der Waals surface area contributed by atoms with Crippen molar-refractivity contribution in [3.63, 3.8) is 0 Å². The van der Waals surface area contributed by atoms with E-state index in [0.29, 0.717) is 23.8 Å². The van der Waals surface area contributed by atoms with E-state index in [1.807, 2.05) is 29.2 Å². The van der Waals surface area contributed by atoms with Crippen molar-refractivity contribution in [1.29, 1.82) is 0 Å². The summed E-state index contributed by atoms with van der Waals surface area (Å²) in [5.41, 5.74) is 0.666. The average Bonchev–Trinajstić information content (AvgIpc) is 3.05. The number of nitrogens with one attached hydrogen (secondary N) is 2. The van der Waals surface area contributed by atoms with Gasteiger partial charge in [0.25, 0.3) is 5.91 Å². The van der Waals surface area contributed by atoms with Crippen LogP contribution < -0.4 is 10.6 Å². The molecule has 0 atom stereocenters. The molecule has 0 unspecified atom stereocenters. The van der Waals surface area contributed by atoms with Crippen LogP contribution in [0.1, 0.15) is 23.2 Å². The fourth-order valence-electron chi connectivity index (χ4n) is 2.80. The van der Waals surface area contributed by atoms with Gasteiger partial charge in [0.1, 0.15) is 0 Å². The van der Waals surface area contributed by atoms with Crippen molar-refractivity contribution < 1.29 is 9.59 Å². The Morgan fingerprint density at radius 1 is 1.22 bits per heavy atom. The number of likely N-dealkylation sites (tertiary alicyclic amines) is 1. The lowest BCUT2D eigenvalue weighted by atomic mass is 10.0. The highest BCUT2D eigenvalue weighted by Crippen LogP contribution is 2.23. The first-order valence-corrected chi connectivity index (χ1v) is 9.21. The molecule has 1 aromatic carbocycles. The number of nitrogens with zero attached hydrogens (tertiary/aromatic N) is 1. The molecule has 2 N–H and O–H groups in total. The van der Waals surface area contributed by atoms with Gasteiger partial charge in [0.15, 0.2) is 0 Å². The van der Waals surface area contributed by atoms with Crippen LogP contribution in [-0.4, -0.2) is 55.2 Å². The van der Waals surface area contributed by atoms with Crippen molar-refractivity contribution in [1.82, 2.24) is 15.5 Å². The van der Waals surface area contributed by atoms with Gasteiger partial charge in [-0.25, -0.2) is 0 Å². The maximum Gasteiger partial charge on any atom is 0.252 e. The third-order valence-electron chi connectivity index (χ3n) is 4.36. The van der Waals surface area contributed by atoms with E-state index in [2.05, 4.69) is 10.6 Å². The van der Waals surface area contributed by atoms with Gasteiger partial charge in [0.05, 0.1) is 11.3 Å². The van der Waals surface area contributed by atoms with E-state index in [-0.39, 0.29) is 11.8 Å². The molecule has 6 heteroatoms. The molecule has 2 fully saturated rings. The van der Waals surface area contributed by atoms with Crippen LogP contribution in [0, 0.1) is 5.92 Å². The fraction of sp³-hybridized carbons (Fsp3) is 0.529. The molecule has 0 bridgehead atoms. The summed E-state index contributed by atoms with van der Waals surface area (Å²) in [6.45, 7) is 4.40. The Hall–Kier alpha value is -1.53. The number of carbonyl (C=O) groups excluding carboxylic acids is 2. The molecule has 0 aliphatic carbocycles. The second-order valence-electron chi connectivity index (χ2n) is 6.11. The Balaban J connectivity index is 1.55. The molecule has 5 nitrogen and oxygen atoms in total. The first kappa shape index (κ1) is 16.3. The van der Waals surface area contributed by atoms with E-state index in [9.17, 15) is 9.59 Å². The summed E-state index contributed by atoms with van der Waals surface area (Å²) in [5, 5.41) is 6.19. The van der Waals surface area contributed by atoms with Crippen LogP contribution in [0.5, 0.6) is 0 Å². The molecule has 0 radical (unpaired) electrons. The molecule has 0 spiro atoms. The maximum absolute atomic E-state index is 12.4. The molecule has 2 amide bonds. The Kier molecular flexibility index (Phi) is 5.56. The lowest BCUT2D eigenvalue weighted by Crippen LogP contribution is -2.48. The predicted molar refractivity (Wildman–Crippen MR) is 91.7 cm³/mol. The van der Waals surface area contributed by atoms with Crippen LogP contribution in [0.2, 0.25) is 0 Å². The van der Waals surface area contributed by atoms with Crippen molar-refractivity contribution in [2.45, 2.75) is 17.7 Å². The lowest BCUT2D eigenvalue weighted by Gasteiger charge is -2.27. The van der Waals surface area contributed by atoms with E-state index in [0.717, 1.165) is 43.9 Å². The van der Waals surface area contributed by atoms with Gasteiger partial charge >= 0.3 is 0 Å². The molecule has 0 aromatic heterocycles. The van der Waals surface area contributed by atoms with E-state index in [1.54, 1.807) is 0 Å². The molecule has 3 rings (SSSR count).